The van der Waals surface area contributed by atoms with Gasteiger partial charge in [-0.25, -0.2) is 0 Å². The first kappa shape index (κ1) is 12.5. The van der Waals surface area contributed by atoms with Crippen LogP contribution in [0.25, 0.3) is 0 Å². The summed E-state index contributed by atoms with van der Waals surface area (Å²) in [4.78, 5) is 14.2. The molecule has 1 amide bonds. The van der Waals surface area contributed by atoms with E-state index in [4.69, 9.17) is 0 Å². The Balaban J connectivity index is 2.65. The Morgan fingerprint density at radius 2 is 2.00 bits per heavy atom. The van der Waals surface area contributed by atoms with Gasteiger partial charge >= 0.3 is 0 Å². The lowest BCUT2D eigenvalue weighted by molar-refractivity contribution is -0.143. The van der Waals surface area contributed by atoms with Crippen LogP contribution in [-0.2, 0) is 4.79 Å². The van der Waals surface area contributed by atoms with E-state index in [1.807, 2.05) is 11.9 Å². The van der Waals surface area contributed by atoms with Crippen LogP contribution in [0, 0.1) is 5.41 Å². The van der Waals surface area contributed by atoms with Crippen molar-refractivity contribution < 1.29 is 4.79 Å². The molecule has 0 spiro atoms. The summed E-state index contributed by atoms with van der Waals surface area (Å²) in [6.45, 7) is 8.28. The van der Waals surface area contributed by atoms with Crippen LogP contribution < -0.4 is 5.32 Å². The van der Waals surface area contributed by atoms with Gasteiger partial charge in [0.25, 0.3) is 0 Å². The average molecular weight is 212 g/mol. The zero-order valence-electron chi connectivity index (χ0n) is 10.5. The molecule has 88 valence electrons. The monoisotopic (exact) mass is 212 g/mol. The fourth-order valence-electron chi connectivity index (χ4n) is 2.09. The van der Waals surface area contributed by atoms with Crippen molar-refractivity contribution in [3.63, 3.8) is 0 Å². The van der Waals surface area contributed by atoms with Gasteiger partial charge in [-0.05, 0) is 39.3 Å². The van der Waals surface area contributed by atoms with Gasteiger partial charge < -0.3 is 10.2 Å². The molecule has 3 heteroatoms. The van der Waals surface area contributed by atoms with E-state index in [2.05, 4.69) is 26.1 Å². The van der Waals surface area contributed by atoms with Crippen molar-refractivity contribution >= 4 is 5.91 Å². The zero-order valence-corrected chi connectivity index (χ0v) is 10.5. The van der Waals surface area contributed by atoms with Gasteiger partial charge in [-0.15, -0.1) is 0 Å². The molecule has 0 bridgehead atoms. The maximum absolute atomic E-state index is 12.3. The van der Waals surface area contributed by atoms with Crippen LogP contribution in [0.1, 0.15) is 40.0 Å². The third kappa shape index (κ3) is 2.71. The van der Waals surface area contributed by atoms with Gasteiger partial charge in [-0.1, -0.05) is 13.8 Å². The molecule has 1 fully saturated rings. The molecule has 0 saturated carbocycles. The molecule has 1 heterocycles. The highest BCUT2D eigenvalue weighted by atomic mass is 16.2. The van der Waals surface area contributed by atoms with Crippen molar-refractivity contribution in [3.05, 3.63) is 0 Å². The molecule has 0 radical (unpaired) electrons. The Labute approximate surface area is 93.2 Å². The van der Waals surface area contributed by atoms with E-state index in [1.165, 1.54) is 0 Å². The first-order valence-corrected chi connectivity index (χ1v) is 5.99. The maximum Gasteiger partial charge on any atom is 0.228 e. The molecular weight excluding hydrogens is 188 g/mol. The number of nitrogens with zero attached hydrogens (tertiary/aromatic N) is 1. The lowest BCUT2D eigenvalue weighted by Crippen LogP contribution is -2.48. The average Bonchev–Trinajstić information content (AvgIpc) is 2.27. The summed E-state index contributed by atoms with van der Waals surface area (Å²) < 4.78 is 0. The van der Waals surface area contributed by atoms with Crippen molar-refractivity contribution in [2.75, 3.05) is 20.1 Å². The van der Waals surface area contributed by atoms with Crippen LogP contribution in [-0.4, -0.2) is 37.0 Å². The molecule has 1 aliphatic rings. The molecule has 1 saturated heterocycles. The lowest BCUT2D eigenvalue weighted by atomic mass is 9.79. The Kier molecular flexibility index (Phi) is 4.14. The summed E-state index contributed by atoms with van der Waals surface area (Å²) in [5.74, 6) is 0.318. The molecule has 1 rings (SSSR count). The highest BCUT2D eigenvalue weighted by Crippen LogP contribution is 2.30. The van der Waals surface area contributed by atoms with Gasteiger partial charge in [0.1, 0.15) is 0 Å². The zero-order chi connectivity index (χ0) is 11.5. The molecule has 0 aromatic carbocycles. The highest BCUT2D eigenvalue weighted by molar-refractivity contribution is 5.82. The number of hydrogen-bond donors (Lipinski definition) is 1. The fourth-order valence-corrected chi connectivity index (χ4v) is 2.09. The summed E-state index contributed by atoms with van der Waals surface area (Å²) in [6.07, 6.45) is 2.95. The Morgan fingerprint density at radius 1 is 1.47 bits per heavy atom. The molecule has 1 unspecified atom stereocenters. The van der Waals surface area contributed by atoms with E-state index >= 15 is 0 Å². The summed E-state index contributed by atoms with van der Waals surface area (Å²) >= 11 is 0. The number of piperidine rings is 1. The number of carbonyl (C=O) groups excluding carboxylic acids is 1. The van der Waals surface area contributed by atoms with E-state index in [-0.39, 0.29) is 5.41 Å². The molecule has 1 N–H and O–H groups in total. The lowest BCUT2D eigenvalue weighted by Gasteiger charge is -2.38. The molecule has 3 nitrogen and oxygen atoms in total. The number of rotatable bonds is 3. The Bertz CT molecular complexity index is 222. The summed E-state index contributed by atoms with van der Waals surface area (Å²) in [5, 5.41) is 3.31. The predicted octanol–water partition coefficient (Wildman–Crippen LogP) is 1.63. The Hall–Kier alpha value is -0.570. The van der Waals surface area contributed by atoms with E-state index in [0.717, 1.165) is 32.4 Å². The molecule has 1 aliphatic heterocycles. The second-order valence-corrected chi connectivity index (χ2v) is 4.98. The van der Waals surface area contributed by atoms with Gasteiger partial charge in [0, 0.05) is 18.5 Å². The van der Waals surface area contributed by atoms with Crippen molar-refractivity contribution in [1.29, 1.82) is 0 Å². The van der Waals surface area contributed by atoms with E-state index in [0.29, 0.717) is 11.9 Å². The number of nitrogens with one attached hydrogen (secondary N) is 1. The van der Waals surface area contributed by atoms with Crippen LogP contribution in [0.4, 0.5) is 0 Å². The third-order valence-electron chi connectivity index (χ3n) is 3.80. The molecule has 0 aliphatic carbocycles. The largest absolute Gasteiger partial charge is 0.343 e. The van der Waals surface area contributed by atoms with E-state index in [9.17, 15) is 4.79 Å². The van der Waals surface area contributed by atoms with Gasteiger partial charge in [0.2, 0.25) is 5.91 Å². The van der Waals surface area contributed by atoms with Crippen molar-refractivity contribution in [2.24, 2.45) is 5.41 Å². The van der Waals surface area contributed by atoms with Crippen molar-refractivity contribution in [2.45, 2.75) is 46.1 Å². The van der Waals surface area contributed by atoms with Crippen LogP contribution >= 0.6 is 0 Å². The van der Waals surface area contributed by atoms with Gasteiger partial charge in [-0.3, -0.25) is 4.79 Å². The standard InChI is InChI=1S/C12H24N2O/c1-5-10(2)14(4)11(15)12(3)6-8-13-9-7-12/h10,13H,5-9H2,1-4H3. The van der Waals surface area contributed by atoms with Crippen LogP contribution in [0.2, 0.25) is 0 Å². The summed E-state index contributed by atoms with van der Waals surface area (Å²) in [5.41, 5.74) is -0.135. The Morgan fingerprint density at radius 3 is 2.47 bits per heavy atom. The molecule has 0 aromatic rings. The van der Waals surface area contributed by atoms with Gasteiger partial charge in [0.15, 0.2) is 0 Å². The minimum atomic E-state index is -0.135. The van der Waals surface area contributed by atoms with Crippen LogP contribution in [0.5, 0.6) is 0 Å². The smallest absolute Gasteiger partial charge is 0.228 e. The number of hydrogen-bond acceptors (Lipinski definition) is 2. The third-order valence-corrected chi connectivity index (χ3v) is 3.80. The predicted molar refractivity (Wildman–Crippen MR) is 62.7 cm³/mol. The first-order valence-electron chi connectivity index (χ1n) is 5.99. The van der Waals surface area contributed by atoms with Gasteiger partial charge in [-0.2, -0.15) is 0 Å². The first-order chi connectivity index (χ1) is 7.01. The maximum atomic E-state index is 12.3. The molecule has 0 aromatic heterocycles. The number of carbonyl (C=O) groups is 1. The normalized spacial score (nSPS) is 22.1. The van der Waals surface area contributed by atoms with Crippen LogP contribution in [0.15, 0.2) is 0 Å². The molecular formula is C12H24N2O. The number of amides is 1. The minimum Gasteiger partial charge on any atom is -0.343 e. The topological polar surface area (TPSA) is 32.3 Å². The minimum absolute atomic E-state index is 0.135. The van der Waals surface area contributed by atoms with Gasteiger partial charge in [0.05, 0.1) is 0 Å². The second-order valence-electron chi connectivity index (χ2n) is 4.98. The summed E-state index contributed by atoms with van der Waals surface area (Å²) in [6, 6.07) is 0.351. The van der Waals surface area contributed by atoms with Crippen molar-refractivity contribution in [3.8, 4) is 0 Å². The second kappa shape index (κ2) is 4.97. The fraction of sp³-hybridized carbons (Fsp3) is 0.917. The van der Waals surface area contributed by atoms with Crippen LogP contribution in [0.3, 0.4) is 0 Å². The van der Waals surface area contributed by atoms with E-state index < -0.39 is 0 Å². The molecule has 1 atom stereocenters. The molecule has 15 heavy (non-hydrogen) atoms. The SMILES string of the molecule is CCC(C)N(C)C(=O)C1(C)CCNCC1. The highest BCUT2D eigenvalue weighted by Gasteiger charge is 2.37. The quantitative estimate of drug-likeness (QED) is 0.771. The van der Waals surface area contributed by atoms with Crippen molar-refractivity contribution in [1.82, 2.24) is 10.2 Å². The summed E-state index contributed by atoms with van der Waals surface area (Å²) in [7, 11) is 1.93. The van der Waals surface area contributed by atoms with E-state index in [1.54, 1.807) is 0 Å².